The molecule has 4 nitrogen and oxygen atoms in total. The van der Waals surface area contributed by atoms with Gasteiger partial charge in [0.05, 0.1) is 24.0 Å². The number of likely N-dealkylation sites (N-methyl/N-ethyl adjacent to an activating group) is 1. The number of hydrogen-bond acceptors (Lipinski definition) is 4. The number of nitrogens with zero attached hydrogens (tertiary/aromatic N) is 2. The van der Waals surface area contributed by atoms with Gasteiger partial charge in [0.2, 0.25) is 0 Å². The lowest BCUT2D eigenvalue weighted by atomic mass is 10.1. The molecule has 5 heteroatoms. The number of morpholine rings is 1. The molecule has 1 saturated heterocycles. The van der Waals surface area contributed by atoms with Gasteiger partial charge in [-0.2, -0.15) is 5.26 Å². The average Bonchev–Trinajstić information content (AvgIpc) is 2.39. The summed E-state index contributed by atoms with van der Waals surface area (Å²) in [5.41, 5.74) is 1.55. The molecule has 0 bridgehead atoms. The fourth-order valence-electron chi connectivity index (χ4n) is 2.16. The SMILES string of the molecule is CNCC1CN(c2ccc(Cl)cc2C#N)CCO1. The number of hydrogen-bond donors (Lipinski definition) is 1. The molecule has 1 aromatic carbocycles. The number of ether oxygens (including phenoxy) is 1. The molecule has 1 aliphatic heterocycles. The van der Waals surface area contributed by atoms with Gasteiger partial charge >= 0.3 is 0 Å². The molecule has 1 aromatic rings. The molecule has 1 heterocycles. The number of benzene rings is 1. The molecule has 0 aliphatic carbocycles. The Morgan fingerprint density at radius 2 is 2.44 bits per heavy atom. The van der Waals surface area contributed by atoms with Crippen molar-refractivity contribution in [1.29, 1.82) is 5.26 Å². The number of anilines is 1. The van der Waals surface area contributed by atoms with Crippen LogP contribution in [-0.2, 0) is 4.74 Å². The lowest BCUT2D eigenvalue weighted by Gasteiger charge is -2.35. The van der Waals surface area contributed by atoms with Crippen LogP contribution >= 0.6 is 11.6 Å². The highest BCUT2D eigenvalue weighted by molar-refractivity contribution is 6.30. The largest absolute Gasteiger partial charge is 0.373 e. The highest BCUT2D eigenvalue weighted by Gasteiger charge is 2.21. The van der Waals surface area contributed by atoms with E-state index in [4.69, 9.17) is 21.6 Å². The number of rotatable bonds is 3. The van der Waals surface area contributed by atoms with Gasteiger partial charge in [0.15, 0.2) is 0 Å². The summed E-state index contributed by atoms with van der Waals surface area (Å²) in [5.74, 6) is 0. The normalized spacial score (nSPS) is 19.6. The van der Waals surface area contributed by atoms with Gasteiger partial charge in [-0.15, -0.1) is 0 Å². The van der Waals surface area contributed by atoms with Crippen molar-refractivity contribution < 1.29 is 4.74 Å². The minimum atomic E-state index is 0.158. The maximum absolute atomic E-state index is 9.16. The zero-order valence-corrected chi connectivity index (χ0v) is 11.1. The van der Waals surface area contributed by atoms with E-state index in [2.05, 4.69) is 16.3 Å². The van der Waals surface area contributed by atoms with Gasteiger partial charge in [0.25, 0.3) is 0 Å². The quantitative estimate of drug-likeness (QED) is 0.903. The molecule has 0 radical (unpaired) electrons. The Labute approximate surface area is 112 Å². The third-order valence-electron chi connectivity index (χ3n) is 2.99. The van der Waals surface area contributed by atoms with E-state index >= 15 is 0 Å². The van der Waals surface area contributed by atoms with E-state index in [9.17, 15) is 0 Å². The molecular weight excluding hydrogens is 250 g/mol. The van der Waals surface area contributed by atoms with E-state index in [0.717, 1.165) is 25.3 Å². The summed E-state index contributed by atoms with van der Waals surface area (Å²) in [5, 5.41) is 12.9. The Bertz CT molecular complexity index is 456. The first-order chi connectivity index (χ1) is 8.74. The van der Waals surface area contributed by atoms with Crippen LogP contribution in [0.4, 0.5) is 5.69 Å². The van der Waals surface area contributed by atoms with E-state index in [-0.39, 0.29) is 6.10 Å². The van der Waals surface area contributed by atoms with Crippen molar-refractivity contribution in [2.75, 3.05) is 38.2 Å². The van der Waals surface area contributed by atoms with Crippen molar-refractivity contribution in [2.45, 2.75) is 6.10 Å². The van der Waals surface area contributed by atoms with Crippen LogP contribution in [0.2, 0.25) is 5.02 Å². The van der Waals surface area contributed by atoms with Crippen molar-refractivity contribution >= 4 is 17.3 Å². The van der Waals surface area contributed by atoms with Gasteiger partial charge < -0.3 is 15.0 Å². The molecule has 1 unspecified atom stereocenters. The zero-order chi connectivity index (χ0) is 13.0. The third-order valence-corrected chi connectivity index (χ3v) is 3.23. The Kier molecular flexibility index (Phi) is 4.43. The first-order valence-electron chi connectivity index (χ1n) is 5.95. The Hall–Kier alpha value is -1.28. The first-order valence-corrected chi connectivity index (χ1v) is 6.33. The summed E-state index contributed by atoms with van der Waals surface area (Å²) in [6, 6.07) is 7.63. The Morgan fingerprint density at radius 3 is 3.17 bits per heavy atom. The molecule has 1 aliphatic rings. The van der Waals surface area contributed by atoms with Crippen LogP contribution in [0.3, 0.4) is 0 Å². The van der Waals surface area contributed by atoms with E-state index in [1.165, 1.54) is 0 Å². The predicted molar refractivity (Wildman–Crippen MR) is 72.0 cm³/mol. The summed E-state index contributed by atoms with van der Waals surface area (Å²) < 4.78 is 5.65. The van der Waals surface area contributed by atoms with Crippen LogP contribution in [0.15, 0.2) is 18.2 Å². The molecule has 96 valence electrons. The minimum absolute atomic E-state index is 0.158. The highest BCUT2D eigenvalue weighted by Crippen LogP contribution is 2.25. The van der Waals surface area contributed by atoms with Gasteiger partial charge in [-0.05, 0) is 25.2 Å². The minimum Gasteiger partial charge on any atom is -0.373 e. The molecule has 0 aromatic heterocycles. The molecule has 0 spiro atoms. The molecule has 2 rings (SSSR count). The number of halogens is 1. The van der Waals surface area contributed by atoms with Gasteiger partial charge in [0.1, 0.15) is 6.07 Å². The van der Waals surface area contributed by atoms with Crippen molar-refractivity contribution in [3.63, 3.8) is 0 Å². The van der Waals surface area contributed by atoms with Crippen LogP contribution in [0, 0.1) is 11.3 Å². The molecule has 1 N–H and O–H groups in total. The van der Waals surface area contributed by atoms with E-state index in [1.807, 2.05) is 19.2 Å². The number of nitriles is 1. The van der Waals surface area contributed by atoms with Crippen LogP contribution in [0.5, 0.6) is 0 Å². The lowest BCUT2D eigenvalue weighted by Crippen LogP contribution is -2.46. The third kappa shape index (κ3) is 2.94. The summed E-state index contributed by atoms with van der Waals surface area (Å²) in [4.78, 5) is 2.18. The van der Waals surface area contributed by atoms with Gasteiger partial charge in [0, 0.05) is 24.7 Å². The van der Waals surface area contributed by atoms with Crippen molar-refractivity contribution in [2.24, 2.45) is 0 Å². The topological polar surface area (TPSA) is 48.3 Å². The van der Waals surface area contributed by atoms with Gasteiger partial charge in [-0.25, -0.2) is 0 Å². The van der Waals surface area contributed by atoms with Crippen LogP contribution < -0.4 is 10.2 Å². The molecule has 18 heavy (non-hydrogen) atoms. The first kappa shape index (κ1) is 13.2. The summed E-state index contributed by atoms with van der Waals surface area (Å²) in [7, 11) is 1.91. The van der Waals surface area contributed by atoms with Crippen LogP contribution in [0.1, 0.15) is 5.56 Å². The number of nitrogens with one attached hydrogen (secondary N) is 1. The van der Waals surface area contributed by atoms with Crippen molar-refractivity contribution in [1.82, 2.24) is 5.32 Å². The zero-order valence-electron chi connectivity index (χ0n) is 10.3. The molecule has 0 amide bonds. The Balaban J connectivity index is 2.18. The summed E-state index contributed by atoms with van der Waals surface area (Å²) in [6.07, 6.45) is 0.158. The Morgan fingerprint density at radius 1 is 1.61 bits per heavy atom. The molecule has 0 saturated carbocycles. The molecular formula is C13H16ClN3O. The van der Waals surface area contributed by atoms with Crippen LogP contribution in [0.25, 0.3) is 0 Å². The van der Waals surface area contributed by atoms with Crippen molar-refractivity contribution in [3.8, 4) is 6.07 Å². The monoisotopic (exact) mass is 265 g/mol. The average molecular weight is 266 g/mol. The second-order valence-corrected chi connectivity index (χ2v) is 4.71. The molecule has 1 fully saturated rings. The van der Waals surface area contributed by atoms with E-state index in [1.54, 1.807) is 6.07 Å². The molecule has 1 atom stereocenters. The lowest BCUT2D eigenvalue weighted by molar-refractivity contribution is 0.0421. The summed E-state index contributed by atoms with van der Waals surface area (Å²) >= 11 is 5.91. The predicted octanol–water partition coefficient (Wildman–Crippen LogP) is 1.64. The maximum Gasteiger partial charge on any atom is 0.101 e. The highest BCUT2D eigenvalue weighted by atomic mass is 35.5. The fraction of sp³-hybridized carbons (Fsp3) is 0.462. The second kappa shape index (κ2) is 6.05. The van der Waals surface area contributed by atoms with Crippen LogP contribution in [-0.4, -0.2) is 39.4 Å². The van der Waals surface area contributed by atoms with Gasteiger partial charge in [-0.3, -0.25) is 0 Å². The fourth-order valence-corrected chi connectivity index (χ4v) is 2.33. The summed E-state index contributed by atoms with van der Waals surface area (Å²) in [6.45, 7) is 3.08. The smallest absolute Gasteiger partial charge is 0.101 e. The van der Waals surface area contributed by atoms with E-state index < -0.39 is 0 Å². The standard InChI is InChI=1S/C13H16ClN3O/c1-16-8-12-9-17(4-5-18-12)13-3-2-11(14)6-10(13)7-15/h2-3,6,12,16H,4-5,8-9H2,1H3. The second-order valence-electron chi connectivity index (χ2n) is 4.27. The van der Waals surface area contributed by atoms with Gasteiger partial charge in [-0.1, -0.05) is 11.6 Å². The van der Waals surface area contributed by atoms with Crippen molar-refractivity contribution in [3.05, 3.63) is 28.8 Å². The maximum atomic E-state index is 9.16. The van der Waals surface area contributed by atoms with E-state index in [0.29, 0.717) is 17.2 Å².